The van der Waals surface area contributed by atoms with Gasteiger partial charge in [0, 0.05) is 39.3 Å². The van der Waals surface area contributed by atoms with E-state index in [1.54, 1.807) is 14.1 Å². The van der Waals surface area contributed by atoms with E-state index in [1.807, 2.05) is 0 Å². The van der Waals surface area contributed by atoms with Gasteiger partial charge in [-0.3, -0.25) is 0 Å². The van der Waals surface area contributed by atoms with E-state index in [-0.39, 0.29) is 17.5 Å². The Labute approximate surface area is 111 Å². The van der Waals surface area contributed by atoms with Gasteiger partial charge in [0.05, 0.1) is 18.5 Å². The molecule has 1 aromatic rings. The number of nitrogens with one attached hydrogen (secondary N) is 2. The largest absolute Gasteiger partial charge is 0.494 e. The van der Waals surface area contributed by atoms with E-state index >= 15 is 0 Å². The van der Waals surface area contributed by atoms with Gasteiger partial charge in [-0.05, 0) is 0 Å². The number of ether oxygens (including phenoxy) is 1. The number of hydrogen-bond donors (Lipinski definition) is 3. The minimum atomic E-state index is -0.508. The van der Waals surface area contributed by atoms with E-state index < -0.39 is 5.82 Å². The van der Waals surface area contributed by atoms with E-state index in [1.165, 1.54) is 24.1 Å². The number of rotatable bonds is 5. The fraction of sp³-hybridized carbons (Fsp3) is 0.417. The zero-order valence-corrected chi connectivity index (χ0v) is 11.3. The van der Waals surface area contributed by atoms with Crippen molar-refractivity contribution in [2.75, 3.05) is 45.3 Å². The summed E-state index contributed by atoms with van der Waals surface area (Å²) in [6, 6.07) is 2.50. The summed E-state index contributed by atoms with van der Waals surface area (Å²) in [6.07, 6.45) is 0. The minimum Gasteiger partial charge on any atom is -0.494 e. The van der Waals surface area contributed by atoms with Gasteiger partial charge in [0.25, 0.3) is 0 Å². The van der Waals surface area contributed by atoms with Crippen LogP contribution in [-0.2, 0) is 0 Å². The smallest absolute Gasteiger partial charge is 0.316 e. The molecule has 7 heteroatoms. The Bertz CT molecular complexity index is 452. The predicted octanol–water partition coefficient (Wildman–Crippen LogP) is 1.10. The molecular formula is C12H19FN4O2. The topological polar surface area (TPSA) is 79.6 Å². The molecule has 2 amide bonds. The van der Waals surface area contributed by atoms with Gasteiger partial charge < -0.3 is 26.0 Å². The van der Waals surface area contributed by atoms with E-state index in [4.69, 9.17) is 10.5 Å². The van der Waals surface area contributed by atoms with Gasteiger partial charge in [0.1, 0.15) is 0 Å². The SMILES string of the molecule is COc1cc(NCCNC(=O)N(C)C)c(N)cc1F. The Balaban J connectivity index is 2.52. The lowest BCUT2D eigenvalue weighted by Gasteiger charge is -2.14. The number of halogens is 1. The van der Waals surface area contributed by atoms with Crippen molar-refractivity contribution in [1.82, 2.24) is 10.2 Å². The summed E-state index contributed by atoms with van der Waals surface area (Å²) < 4.78 is 18.2. The average Bonchev–Trinajstić information content (AvgIpc) is 2.36. The second-order valence-electron chi connectivity index (χ2n) is 4.13. The molecule has 0 heterocycles. The van der Waals surface area contributed by atoms with Gasteiger partial charge in [-0.25, -0.2) is 9.18 Å². The monoisotopic (exact) mass is 270 g/mol. The number of nitrogens with two attached hydrogens (primary N) is 1. The summed E-state index contributed by atoms with van der Waals surface area (Å²) in [5.74, 6) is -0.388. The van der Waals surface area contributed by atoms with Crippen LogP contribution in [0.3, 0.4) is 0 Å². The number of benzene rings is 1. The number of carbonyl (C=O) groups excluding carboxylic acids is 1. The lowest BCUT2D eigenvalue weighted by molar-refractivity contribution is 0.218. The number of hydrogen-bond acceptors (Lipinski definition) is 4. The zero-order valence-electron chi connectivity index (χ0n) is 11.3. The number of anilines is 2. The minimum absolute atomic E-state index is 0.119. The van der Waals surface area contributed by atoms with Crippen LogP contribution in [0.5, 0.6) is 5.75 Å². The summed E-state index contributed by atoms with van der Waals surface area (Å²) in [5.41, 5.74) is 6.54. The molecule has 0 unspecified atom stereocenters. The maximum atomic E-state index is 13.3. The third-order valence-corrected chi connectivity index (χ3v) is 2.45. The first-order valence-electron chi connectivity index (χ1n) is 5.77. The van der Waals surface area contributed by atoms with Crippen molar-refractivity contribution in [3.8, 4) is 5.75 Å². The van der Waals surface area contributed by atoms with Crippen LogP contribution in [0.4, 0.5) is 20.6 Å². The van der Waals surface area contributed by atoms with Gasteiger partial charge in [-0.2, -0.15) is 0 Å². The summed E-state index contributed by atoms with van der Waals surface area (Å²) in [6.45, 7) is 0.898. The van der Waals surface area contributed by atoms with Crippen molar-refractivity contribution in [1.29, 1.82) is 0 Å². The molecule has 0 atom stereocenters. The Morgan fingerprint density at radius 3 is 2.68 bits per heavy atom. The molecule has 1 rings (SSSR count). The number of nitrogens with zero attached hydrogens (tertiary/aromatic N) is 1. The molecule has 19 heavy (non-hydrogen) atoms. The van der Waals surface area contributed by atoms with Crippen molar-refractivity contribution < 1.29 is 13.9 Å². The van der Waals surface area contributed by atoms with E-state index in [2.05, 4.69) is 10.6 Å². The molecule has 0 bridgehead atoms. The Morgan fingerprint density at radius 2 is 2.11 bits per heavy atom. The lowest BCUT2D eigenvalue weighted by Crippen LogP contribution is -2.37. The molecule has 106 valence electrons. The molecule has 0 spiro atoms. The second-order valence-corrected chi connectivity index (χ2v) is 4.13. The highest BCUT2D eigenvalue weighted by Gasteiger charge is 2.08. The van der Waals surface area contributed by atoms with Gasteiger partial charge in [0.2, 0.25) is 0 Å². The lowest BCUT2D eigenvalue weighted by atomic mass is 10.2. The van der Waals surface area contributed by atoms with Crippen molar-refractivity contribution >= 4 is 17.4 Å². The van der Waals surface area contributed by atoms with Crippen LogP contribution in [0.15, 0.2) is 12.1 Å². The van der Waals surface area contributed by atoms with Crippen LogP contribution >= 0.6 is 0 Å². The van der Waals surface area contributed by atoms with Gasteiger partial charge >= 0.3 is 6.03 Å². The number of amides is 2. The van der Waals surface area contributed by atoms with E-state index in [0.29, 0.717) is 18.8 Å². The zero-order chi connectivity index (χ0) is 14.4. The highest BCUT2D eigenvalue weighted by atomic mass is 19.1. The van der Waals surface area contributed by atoms with Crippen molar-refractivity contribution in [3.63, 3.8) is 0 Å². The molecule has 0 aliphatic heterocycles. The van der Waals surface area contributed by atoms with E-state index in [0.717, 1.165) is 0 Å². The van der Waals surface area contributed by atoms with Crippen molar-refractivity contribution in [2.24, 2.45) is 0 Å². The highest BCUT2D eigenvalue weighted by molar-refractivity contribution is 5.73. The quantitative estimate of drug-likeness (QED) is 0.553. The molecule has 0 fully saturated rings. The number of nitrogen functional groups attached to an aromatic ring is 1. The van der Waals surface area contributed by atoms with Crippen molar-refractivity contribution in [3.05, 3.63) is 17.9 Å². The molecule has 0 aliphatic rings. The molecule has 0 saturated carbocycles. The number of urea groups is 1. The molecule has 0 saturated heterocycles. The maximum Gasteiger partial charge on any atom is 0.316 e. The standard InChI is InChI=1S/C12H19FN4O2/c1-17(2)12(18)16-5-4-15-10-7-11(19-3)8(13)6-9(10)14/h6-7,15H,4-5,14H2,1-3H3,(H,16,18). The van der Waals surface area contributed by atoms with Crippen LogP contribution in [0, 0.1) is 5.82 Å². The summed E-state index contributed by atoms with van der Waals surface area (Å²) in [5, 5.41) is 5.69. The number of methoxy groups -OCH3 is 1. The fourth-order valence-electron chi connectivity index (χ4n) is 1.40. The maximum absolute atomic E-state index is 13.3. The van der Waals surface area contributed by atoms with Crippen LogP contribution in [-0.4, -0.2) is 45.2 Å². The van der Waals surface area contributed by atoms with Crippen LogP contribution in [0.1, 0.15) is 0 Å². The third kappa shape index (κ3) is 4.20. The first-order valence-corrected chi connectivity index (χ1v) is 5.77. The first-order chi connectivity index (χ1) is 8.95. The number of carbonyl (C=O) groups is 1. The summed E-state index contributed by atoms with van der Waals surface area (Å²) in [7, 11) is 4.70. The molecular weight excluding hydrogens is 251 g/mol. The predicted molar refractivity (Wildman–Crippen MR) is 72.9 cm³/mol. The molecule has 1 aromatic carbocycles. The molecule has 0 aromatic heterocycles. The molecule has 0 radical (unpaired) electrons. The Kier molecular flexibility index (Phi) is 5.23. The molecule has 6 nitrogen and oxygen atoms in total. The summed E-state index contributed by atoms with van der Waals surface area (Å²) in [4.78, 5) is 12.7. The van der Waals surface area contributed by atoms with Gasteiger partial charge in [0.15, 0.2) is 11.6 Å². The highest BCUT2D eigenvalue weighted by Crippen LogP contribution is 2.27. The van der Waals surface area contributed by atoms with Gasteiger partial charge in [-0.15, -0.1) is 0 Å². The van der Waals surface area contributed by atoms with Crippen LogP contribution in [0.2, 0.25) is 0 Å². The van der Waals surface area contributed by atoms with Crippen LogP contribution < -0.4 is 21.1 Å². The summed E-state index contributed by atoms with van der Waals surface area (Å²) >= 11 is 0. The van der Waals surface area contributed by atoms with Gasteiger partial charge in [-0.1, -0.05) is 0 Å². The molecule has 4 N–H and O–H groups in total. The average molecular weight is 270 g/mol. The fourth-order valence-corrected chi connectivity index (χ4v) is 1.40. The van der Waals surface area contributed by atoms with Crippen LogP contribution in [0.25, 0.3) is 0 Å². The molecule has 0 aliphatic carbocycles. The first kappa shape index (κ1) is 14.9. The van der Waals surface area contributed by atoms with E-state index in [9.17, 15) is 9.18 Å². The Hall–Kier alpha value is -2.18. The Morgan fingerprint density at radius 1 is 1.42 bits per heavy atom. The third-order valence-electron chi connectivity index (χ3n) is 2.45. The normalized spacial score (nSPS) is 9.89. The second kappa shape index (κ2) is 6.67. The van der Waals surface area contributed by atoms with Crippen molar-refractivity contribution in [2.45, 2.75) is 0 Å².